The lowest BCUT2D eigenvalue weighted by Gasteiger charge is -2.11. The van der Waals surface area contributed by atoms with Crippen LogP contribution in [0.5, 0.6) is 0 Å². The average molecular weight is 422 g/mol. The van der Waals surface area contributed by atoms with Crippen LogP contribution < -0.4 is 0 Å². The van der Waals surface area contributed by atoms with Crippen LogP contribution in [0, 0.1) is 0 Å². The zero-order chi connectivity index (χ0) is 21.8. The number of aromatic nitrogens is 2. The molecular weight excluding hydrogens is 404 g/mol. The van der Waals surface area contributed by atoms with Crippen LogP contribution in [0.3, 0.4) is 0 Å². The number of rotatable bonds is 2. The number of hydrogen-bond acceptors (Lipinski definition) is 3. The van der Waals surface area contributed by atoms with Gasteiger partial charge in [-0.1, -0.05) is 91.0 Å². The van der Waals surface area contributed by atoms with Crippen LogP contribution in [-0.2, 0) is 0 Å². The van der Waals surface area contributed by atoms with E-state index in [1.54, 1.807) is 0 Å². The fourth-order valence-corrected chi connectivity index (χ4v) is 4.75. The van der Waals surface area contributed by atoms with Gasteiger partial charge in [0.1, 0.15) is 11.2 Å². The minimum Gasteiger partial charge on any atom is -0.455 e. The van der Waals surface area contributed by atoms with Gasteiger partial charge in [-0.25, -0.2) is 9.97 Å². The van der Waals surface area contributed by atoms with E-state index in [0.717, 1.165) is 60.4 Å². The summed E-state index contributed by atoms with van der Waals surface area (Å²) in [7, 11) is 0. The van der Waals surface area contributed by atoms with Crippen LogP contribution in [0.25, 0.3) is 66.3 Å². The first-order valence-corrected chi connectivity index (χ1v) is 11.0. The van der Waals surface area contributed by atoms with Crippen LogP contribution in [-0.4, -0.2) is 9.97 Å². The molecule has 0 atom stereocenters. The molecule has 3 heteroatoms. The van der Waals surface area contributed by atoms with E-state index >= 15 is 0 Å². The molecule has 5 aromatic carbocycles. The fraction of sp³-hybridized carbons (Fsp3) is 0. The van der Waals surface area contributed by atoms with Gasteiger partial charge in [-0.2, -0.15) is 0 Å². The molecule has 154 valence electrons. The first-order chi connectivity index (χ1) is 16.4. The molecule has 3 nitrogen and oxygen atoms in total. The van der Waals surface area contributed by atoms with E-state index in [9.17, 15) is 0 Å². The van der Waals surface area contributed by atoms with Crippen molar-refractivity contribution in [2.45, 2.75) is 0 Å². The van der Waals surface area contributed by atoms with Crippen molar-refractivity contribution in [3.63, 3.8) is 0 Å². The normalized spacial score (nSPS) is 11.6. The molecule has 0 saturated heterocycles. The largest absolute Gasteiger partial charge is 0.455 e. The van der Waals surface area contributed by atoms with Gasteiger partial charge in [0.15, 0.2) is 5.82 Å². The molecule has 33 heavy (non-hydrogen) atoms. The third-order valence-corrected chi connectivity index (χ3v) is 6.29. The molecule has 0 radical (unpaired) electrons. The highest BCUT2D eigenvalue weighted by Crippen LogP contribution is 2.38. The molecule has 0 aliphatic carbocycles. The van der Waals surface area contributed by atoms with Crippen LogP contribution in [0.4, 0.5) is 0 Å². The Morgan fingerprint density at radius 1 is 0.485 bits per heavy atom. The lowest BCUT2D eigenvalue weighted by atomic mass is 10.00. The third-order valence-electron chi connectivity index (χ3n) is 6.29. The molecule has 0 spiro atoms. The molecule has 0 bridgehead atoms. The summed E-state index contributed by atoms with van der Waals surface area (Å²) in [6, 6.07) is 37.3. The van der Waals surface area contributed by atoms with E-state index in [0.29, 0.717) is 5.82 Å². The standard InChI is InChI=1S/C30H18N2O/c1-2-9-19(10-3-1)28-25-12-4-6-15-26(25)31-30(32-28)24-14-8-13-22-20(24)17-18-23-21-11-5-7-16-27(21)33-29(22)23/h1-18H. The van der Waals surface area contributed by atoms with E-state index in [2.05, 4.69) is 60.7 Å². The Kier molecular flexibility index (Phi) is 3.84. The third kappa shape index (κ3) is 2.76. The summed E-state index contributed by atoms with van der Waals surface area (Å²) in [6.07, 6.45) is 0. The molecule has 7 aromatic rings. The van der Waals surface area contributed by atoms with Gasteiger partial charge < -0.3 is 4.42 Å². The van der Waals surface area contributed by atoms with Gasteiger partial charge in [-0.15, -0.1) is 0 Å². The average Bonchev–Trinajstić information content (AvgIpc) is 3.27. The molecule has 2 heterocycles. The lowest BCUT2D eigenvalue weighted by molar-refractivity contribution is 0.672. The molecule has 0 saturated carbocycles. The SMILES string of the molecule is c1ccc(-c2nc(-c3cccc4c3ccc3c5ccccc5oc43)nc3ccccc23)cc1. The summed E-state index contributed by atoms with van der Waals surface area (Å²) in [4.78, 5) is 10.0. The Labute approximate surface area is 190 Å². The van der Waals surface area contributed by atoms with Crippen molar-refractivity contribution in [2.75, 3.05) is 0 Å². The Hall–Kier alpha value is -4.50. The van der Waals surface area contributed by atoms with Crippen molar-refractivity contribution in [3.8, 4) is 22.6 Å². The quantitative estimate of drug-likeness (QED) is 0.283. The minimum absolute atomic E-state index is 0.716. The Bertz CT molecular complexity index is 1820. The summed E-state index contributed by atoms with van der Waals surface area (Å²) in [5.41, 5.74) is 5.76. The summed E-state index contributed by atoms with van der Waals surface area (Å²) >= 11 is 0. The zero-order valence-electron chi connectivity index (χ0n) is 17.7. The monoisotopic (exact) mass is 422 g/mol. The van der Waals surface area contributed by atoms with Gasteiger partial charge in [0.25, 0.3) is 0 Å². The van der Waals surface area contributed by atoms with E-state index in [1.165, 1.54) is 0 Å². The number of fused-ring (bicyclic) bond motifs is 6. The van der Waals surface area contributed by atoms with Crippen LogP contribution in [0.15, 0.2) is 114 Å². The predicted octanol–water partition coefficient (Wildman–Crippen LogP) is 8.02. The maximum absolute atomic E-state index is 6.28. The van der Waals surface area contributed by atoms with Crippen LogP contribution >= 0.6 is 0 Å². The maximum Gasteiger partial charge on any atom is 0.161 e. The van der Waals surface area contributed by atoms with Crippen LogP contribution in [0.1, 0.15) is 0 Å². The van der Waals surface area contributed by atoms with Gasteiger partial charge in [0.2, 0.25) is 0 Å². The van der Waals surface area contributed by atoms with Crippen molar-refractivity contribution >= 4 is 43.6 Å². The highest BCUT2D eigenvalue weighted by molar-refractivity contribution is 6.17. The summed E-state index contributed by atoms with van der Waals surface area (Å²) in [5, 5.41) is 5.46. The van der Waals surface area contributed by atoms with Crippen molar-refractivity contribution in [2.24, 2.45) is 0 Å². The minimum atomic E-state index is 0.716. The number of para-hydroxylation sites is 2. The molecule has 0 unspecified atom stereocenters. The highest BCUT2D eigenvalue weighted by atomic mass is 16.3. The number of hydrogen-bond donors (Lipinski definition) is 0. The van der Waals surface area contributed by atoms with E-state index in [1.807, 2.05) is 48.5 Å². The Morgan fingerprint density at radius 2 is 1.18 bits per heavy atom. The van der Waals surface area contributed by atoms with Crippen LogP contribution in [0.2, 0.25) is 0 Å². The smallest absolute Gasteiger partial charge is 0.161 e. The van der Waals surface area contributed by atoms with Crippen molar-refractivity contribution < 1.29 is 4.42 Å². The molecule has 0 amide bonds. The molecule has 7 rings (SSSR count). The van der Waals surface area contributed by atoms with Crippen molar-refractivity contribution in [1.29, 1.82) is 0 Å². The lowest BCUT2D eigenvalue weighted by Crippen LogP contribution is -1.95. The second-order valence-corrected chi connectivity index (χ2v) is 8.22. The highest BCUT2D eigenvalue weighted by Gasteiger charge is 2.16. The summed E-state index contributed by atoms with van der Waals surface area (Å²) in [6.45, 7) is 0. The topological polar surface area (TPSA) is 38.9 Å². The molecular formula is C30H18N2O. The maximum atomic E-state index is 6.28. The first kappa shape index (κ1) is 18.1. The molecule has 0 N–H and O–H groups in total. The van der Waals surface area contributed by atoms with Gasteiger partial charge in [-0.3, -0.25) is 0 Å². The van der Waals surface area contributed by atoms with Gasteiger partial charge in [0.05, 0.1) is 11.2 Å². The van der Waals surface area contributed by atoms with Gasteiger partial charge in [-0.05, 0) is 23.6 Å². The molecule has 0 fully saturated rings. The molecule has 0 aliphatic heterocycles. The molecule has 0 aliphatic rings. The van der Waals surface area contributed by atoms with E-state index in [4.69, 9.17) is 14.4 Å². The summed E-state index contributed by atoms with van der Waals surface area (Å²) in [5.74, 6) is 0.716. The fourth-order valence-electron chi connectivity index (χ4n) is 4.75. The van der Waals surface area contributed by atoms with E-state index in [-0.39, 0.29) is 0 Å². The first-order valence-electron chi connectivity index (χ1n) is 11.0. The molecule has 2 aromatic heterocycles. The second kappa shape index (κ2) is 7.01. The number of benzene rings is 5. The number of nitrogens with zero attached hydrogens (tertiary/aromatic N) is 2. The zero-order valence-corrected chi connectivity index (χ0v) is 17.7. The summed E-state index contributed by atoms with van der Waals surface area (Å²) < 4.78 is 6.28. The second-order valence-electron chi connectivity index (χ2n) is 8.22. The Balaban J connectivity index is 1.54. The van der Waals surface area contributed by atoms with Gasteiger partial charge >= 0.3 is 0 Å². The van der Waals surface area contributed by atoms with Crippen molar-refractivity contribution in [1.82, 2.24) is 9.97 Å². The number of furan rings is 1. The van der Waals surface area contributed by atoms with Crippen molar-refractivity contribution in [3.05, 3.63) is 109 Å². The van der Waals surface area contributed by atoms with Gasteiger partial charge in [0, 0.05) is 32.7 Å². The predicted molar refractivity (Wildman–Crippen MR) is 135 cm³/mol. The Morgan fingerprint density at radius 3 is 2.09 bits per heavy atom. The van der Waals surface area contributed by atoms with E-state index < -0.39 is 0 Å².